The van der Waals surface area contributed by atoms with Crippen LogP contribution in [-0.4, -0.2) is 58.7 Å². The number of aromatic nitrogens is 3. The smallest absolute Gasteiger partial charge is 0.192 e. The zero-order valence-electron chi connectivity index (χ0n) is 19.1. The average Bonchev–Trinajstić information content (AvgIpc) is 3.34. The summed E-state index contributed by atoms with van der Waals surface area (Å²) in [6.07, 6.45) is 6.02. The molecule has 8 nitrogen and oxygen atoms in total. The molecule has 3 rings (SSSR count). The van der Waals surface area contributed by atoms with Crippen molar-refractivity contribution in [3.05, 3.63) is 11.6 Å². The Morgan fingerprint density at radius 2 is 2.07 bits per heavy atom. The van der Waals surface area contributed by atoms with Crippen molar-refractivity contribution in [3.63, 3.8) is 0 Å². The summed E-state index contributed by atoms with van der Waals surface area (Å²) in [5, 5.41) is 15.6. The first-order valence-electron chi connectivity index (χ1n) is 11.2. The minimum absolute atomic E-state index is 0. The van der Waals surface area contributed by atoms with Crippen molar-refractivity contribution in [1.82, 2.24) is 25.4 Å². The van der Waals surface area contributed by atoms with Crippen molar-refractivity contribution >= 4 is 29.9 Å². The molecule has 1 aromatic rings. The van der Waals surface area contributed by atoms with E-state index >= 15 is 0 Å². The number of ether oxygens (including phenoxy) is 2. The lowest BCUT2D eigenvalue weighted by molar-refractivity contribution is -0.133. The van der Waals surface area contributed by atoms with Crippen LogP contribution in [0.2, 0.25) is 0 Å². The molecule has 2 aliphatic rings. The molecule has 0 aromatic carbocycles. The van der Waals surface area contributed by atoms with E-state index in [1.807, 2.05) is 18.5 Å². The van der Waals surface area contributed by atoms with Gasteiger partial charge in [0.1, 0.15) is 12.4 Å². The quantitative estimate of drug-likeness (QED) is 0.288. The molecule has 9 heteroatoms. The van der Waals surface area contributed by atoms with Gasteiger partial charge in [-0.05, 0) is 46.0 Å². The first kappa shape index (κ1) is 25.3. The second-order valence-electron chi connectivity index (χ2n) is 8.22. The third kappa shape index (κ3) is 5.45. The molecular weight excluding hydrogens is 495 g/mol. The zero-order valence-corrected chi connectivity index (χ0v) is 21.4. The standard InChI is InChI=1S/C21H38N6O2.HI/c1-6-21(7-2)17(12-18(21)28-8-3)24-20(22-13-16-10-9-11-29-16)23-14-19-26-25-15(4)27(19)5;/h16-18H,6-14H2,1-5H3,(H2,22,23,24);1H. The predicted molar refractivity (Wildman–Crippen MR) is 129 cm³/mol. The monoisotopic (exact) mass is 534 g/mol. The molecule has 1 saturated carbocycles. The van der Waals surface area contributed by atoms with E-state index in [1.54, 1.807) is 0 Å². The predicted octanol–water partition coefficient (Wildman–Crippen LogP) is 2.94. The lowest BCUT2D eigenvalue weighted by Gasteiger charge is -2.55. The largest absolute Gasteiger partial charge is 0.378 e. The van der Waals surface area contributed by atoms with Gasteiger partial charge in [-0.25, -0.2) is 4.99 Å². The highest BCUT2D eigenvalue weighted by Gasteiger charge is 2.53. The number of aliphatic imine (C=N–C) groups is 1. The highest BCUT2D eigenvalue weighted by molar-refractivity contribution is 14.0. The summed E-state index contributed by atoms with van der Waals surface area (Å²) in [6.45, 7) is 11.5. The molecule has 1 saturated heterocycles. The highest BCUT2D eigenvalue weighted by Crippen LogP contribution is 2.48. The van der Waals surface area contributed by atoms with Gasteiger partial charge in [0.15, 0.2) is 11.8 Å². The normalized spacial score (nSPS) is 25.5. The molecule has 2 N–H and O–H groups in total. The van der Waals surface area contributed by atoms with Gasteiger partial charge in [0, 0.05) is 38.3 Å². The molecule has 30 heavy (non-hydrogen) atoms. The van der Waals surface area contributed by atoms with Crippen LogP contribution < -0.4 is 10.6 Å². The van der Waals surface area contributed by atoms with E-state index in [4.69, 9.17) is 14.5 Å². The van der Waals surface area contributed by atoms with E-state index in [9.17, 15) is 0 Å². The maximum Gasteiger partial charge on any atom is 0.192 e. The number of nitrogens with zero attached hydrogens (tertiary/aromatic N) is 4. The molecule has 1 aromatic heterocycles. The fraction of sp³-hybridized carbons (Fsp3) is 0.857. The van der Waals surface area contributed by atoms with Gasteiger partial charge >= 0.3 is 0 Å². The Balaban J connectivity index is 0.00000320. The van der Waals surface area contributed by atoms with E-state index in [-0.39, 0.29) is 35.5 Å². The number of aryl methyl sites for hydroxylation is 1. The van der Waals surface area contributed by atoms with Gasteiger partial charge in [0.25, 0.3) is 0 Å². The maximum absolute atomic E-state index is 6.03. The summed E-state index contributed by atoms with van der Waals surface area (Å²) in [4.78, 5) is 4.83. The molecular formula is C21H39IN6O2. The van der Waals surface area contributed by atoms with Crippen molar-refractivity contribution in [1.29, 1.82) is 0 Å². The lowest BCUT2D eigenvalue weighted by Crippen LogP contribution is -2.65. The van der Waals surface area contributed by atoms with Crippen molar-refractivity contribution < 1.29 is 9.47 Å². The molecule has 3 atom stereocenters. The second kappa shape index (κ2) is 11.6. The summed E-state index contributed by atoms with van der Waals surface area (Å²) in [5.41, 5.74) is 0.156. The number of hydrogen-bond acceptors (Lipinski definition) is 5. The van der Waals surface area contributed by atoms with Gasteiger partial charge < -0.3 is 24.7 Å². The Bertz CT molecular complexity index is 685. The topological polar surface area (TPSA) is 85.6 Å². The lowest BCUT2D eigenvalue weighted by atomic mass is 9.58. The summed E-state index contributed by atoms with van der Waals surface area (Å²) in [5.74, 6) is 2.58. The van der Waals surface area contributed by atoms with Crippen molar-refractivity contribution in [2.24, 2.45) is 17.5 Å². The highest BCUT2D eigenvalue weighted by atomic mass is 127. The molecule has 0 amide bonds. The SMILES string of the molecule is CCOC1CC(NC(=NCc2nnc(C)n2C)NCC2CCCO2)C1(CC)CC.I. The van der Waals surface area contributed by atoms with Crippen LogP contribution in [0, 0.1) is 12.3 Å². The van der Waals surface area contributed by atoms with Crippen LogP contribution in [0.3, 0.4) is 0 Å². The van der Waals surface area contributed by atoms with Crippen LogP contribution in [0.5, 0.6) is 0 Å². The first-order chi connectivity index (χ1) is 14.0. The van der Waals surface area contributed by atoms with Crippen LogP contribution in [0.1, 0.15) is 64.5 Å². The minimum Gasteiger partial charge on any atom is -0.378 e. The minimum atomic E-state index is 0. The molecule has 0 spiro atoms. The maximum atomic E-state index is 6.03. The molecule has 0 radical (unpaired) electrons. The molecule has 2 fully saturated rings. The van der Waals surface area contributed by atoms with Gasteiger partial charge in [-0.15, -0.1) is 34.2 Å². The van der Waals surface area contributed by atoms with E-state index < -0.39 is 0 Å². The number of guanidine groups is 1. The number of halogens is 1. The molecule has 1 aliphatic carbocycles. The number of hydrogen-bond donors (Lipinski definition) is 2. The fourth-order valence-corrected chi connectivity index (χ4v) is 4.66. The summed E-state index contributed by atoms with van der Waals surface area (Å²) in [6, 6.07) is 0.353. The Morgan fingerprint density at radius 1 is 1.30 bits per heavy atom. The molecule has 3 unspecified atom stereocenters. The Morgan fingerprint density at radius 3 is 2.63 bits per heavy atom. The van der Waals surface area contributed by atoms with Crippen LogP contribution >= 0.6 is 24.0 Å². The molecule has 2 heterocycles. The Kier molecular flexibility index (Phi) is 9.80. The van der Waals surface area contributed by atoms with Crippen LogP contribution in [0.25, 0.3) is 0 Å². The Labute approximate surface area is 198 Å². The van der Waals surface area contributed by atoms with Crippen molar-refractivity contribution in [2.45, 2.75) is 84.6 Å². The summed E-state index contributed by atoms with van der Waals surface area (Å²) < 4.78 is 13.8. The molecule has 1 aliphatic heterocycles. The van der Waals surface area contributed by atoms with E-state index in [0.717, 1.165) is 69.5 Å². The van der Waals surface area contributed by atoms with Crippen LogP contribution in [0.4, 0.5) is 0 Å². The van der Waals surface area contributed by atoms with Gasteiger partial charge in [-0.2, -0.15) is 0 Å². The summed E-state index contributed by atoms with van der Waals surface area (Å²) in [7, 11) is 1.98. The van der Waals surface area contributed by atoms with Crippen LogP contribution in [0.15, 0.2) is 4.99 Å². The van der Waals surface area contributed by atoms with Gasteiger partial charge in [-0.1, -0.05) is 13.8 Å². The van der Waals surface area contributed by atoms with E-state index in [2.05, 4.69) is 41.6 Å². The van der Waals surface area contributed by atoms with Crippen molar-refractivity contribution in [2.75, 3.05) is 19.8 Å². The van der Waals surface area contributed by atoms with Gasteiger partial charge in [0.05, 0.1) is 12.2 Å². The van der Waals surface area contributed by atoms with E-state index in [0.29, 0.717) is 18.7 Å². The molecule has 0 bridgehead atoms. The van der Waals surface area contributed by atoms with E-state index in [1.165, 1.54) is 0 Å². The third-order valence-electron chi connectivity index (χ3n) is 6.86. The average molecular weight is 534 g/mol. The zero-order chi connectivity index (χ0) is 20.9. The molecule has 172 valence electrons. The Hall–Kier alpha value is -0.940. The fourth-order valence-electron chi connectivity index (χ4n) is 4.66. The number of rotatable bonds is 9. The van der Waals surface area contributed by atoms with Crippen LogP contribution in [-0.2, 0) is 23.1 Å². The van der Waals surface area contributed by atoms with Gasteiger partial charge in [0.2, 0.25) is 0 Å². The van der Waals surface area contributed by atoms with Gasteiger partial charge in [-0.3, -0.25) is 0 Å². The number of nitrogens with one attached hydrogen (secondary N) is 2. The summed E-state index contributed by atoms with van der Waals surface area (Å²) >= 11 is 0. The first-order valence-corrected chi connectivity index (χ1v) is 11.2. The third-order valence-corrected chi connectivity index (χ3v) is 6.86. The van der Waals surface area contributed by atoms with Crippen molar-refractivity contribution in [3.8, 4) is 0 Å². The second-order valence-corrected chi connectivity index (χ2v) is 8.22.